The number of rotatable bonds is 8. The fourth-order valence-electron chi connectivity index (χ4n) is 2.11. The molecule has 0 saturated heterocycles. The van der Waals surface area contributed by atoms with Gasteiger partial charge in [-0.05, 0) is 23.8 Å². The van der Waals surface area contributed by atoms with E-state index in [1.807, 2.05) is 30.3 Å². The number of halogens is 1. The number of carbonyl (C=O) groups is 1. The van der Waals surface area contributed by atoms with E-state index in [2.05, 4.69) is 5.32 Å². The summed E-state index contributed by atoms with van der Waals surface area (Å²) in [6.45, 7) is 0.631. The predicted octanol–water partition coefficient (Wildman–Crippen LogP) is 2.03. The zero-order chi connectivity index (χ0) is 16.7. The van der Waals surface area contributed by atoms with Crippen LogP contribution in [0.2, 0.25) is 5.02 Å². The SMILES string of the molecule is NC(=O)COc1ccc(Cl)cc1CNCC(O)c1ccccc1. The van der Waals surface area contributed by atoms with Crippen molar-refractivity contribution in [1.82, 2.24) is 5.32 Å². The molecule has 0 aliphatic rings. The Morgan fingerprint density at radius 3 is 2.70 bits per heavy atom. The van der Waals surface area contributed by atoms with Gasteiger partial charge in [-0.15, -0.1) is 0 Å². The molecule has 0 bridgehead atoms. The molecule has 0 saturated carbocycles. The van der Waals surface area contributed by atoms with E-state index in [0.29, 0.717) is 23.9 Å². The normalized spacial score (nSPS) is 11.9. The van der Waals surface area contributed by atoms with Crippen molar-refractivity contribution in [2.75, 3.05) is 13.2 Å². The maximum Gasteiger partial charge on any atom is 0.255 e. The van der Waals surface area contributed by atoms with Crippen molar-refractivity contribution in [3.8, 4) is 5.75 Å². The summed E-state index contributed by atoms with van der Waals surface area (Å²) >= 11 is 5.99. The van der Waals surface area contributed by atoms with Crippen LogP contribution in [0, 0.1) is 0 Å². The number of nitrogens with one attached hydrogen (secondary N) is 1. The Balaban J connectivity index is 1.94. The lowest BCUT2D eigenvalue weighted by molar-refractivity contribution is -0.119. The number of primary amides is 1. The Kier molecular flexibility index (Phi) is 6.40. The van der Waals surface area contributed by atoms with Crippen LogP contribution in [0.1, 0.15) is 17.2 Å². The number of amides is 1. The van der Waals surface area contributed by atoms with Crippen LogP contribution in [0.4, 0.5) is 0 Å². The Morgan fingerprint density at radius 2 is 2.00 bits per heavy atom. The summed E-state index contributed by atoms with van der Waals surface area (Å²) in [6.07, 6.45) is -0.606. The second-order valence-electron chi connectivity index (χ2n) is 5.06. The van der Waals surface area contributed by atoms with E-state index in [4.69, 9.17) is 22.1 Å². The van der Waals surface area contributed by atoms with Crippen molar-refractivity contribution in [3.05, 3.63) is 64.7 Å². The quantitative estimate of drug-likeness (QED) is 0.689. The molecular weight excluding hydrogens is 316 g/mol. The maximum atomic E-state index is 10.8. The monoisotopic (exact) mass is 334 g/mol. The number of hydrogen-bond donors (Lipinski definition) is 3. The summed E-state index contributed by atoms with van der Waals surface area (Å²) in [5.74, 6) is -0.00624. The molecular formula is C17H19ClN2O3. The number of hydrogen-bond acceptors (Lipinski definition) is 4. The molecule has 4 N–H and O–H groups in total. The highest BCUT2D eigenvalue weighted by molar-refractivity contribution is 6.30. The Labute approximate surface area is 140 Å². The highest BCUT2D eigenvalue weighted by Gasteiger charge is 2.09. The van der Waals surface area contributed by atoms with E-state index in [9.17, 15) is 9.90 Å². The Hall–Kier alpha value is -2.08. The van der Waals surface area contributed by atoms with Gasteiger partial charge in [0.15, 0.2) is 6.61 Å². The lowest BCUT2D eigenvalue weighted by atomic mass is 10.1. The molecule has 0 spiro atoms. The highest BCUT2D eigenvalue weighted by atomic mass is 35.5. The van der Waals surface area contributed by atoms with Crippen molar-refractivity contribution in [3.63, 3.8) is 0 Å². The predicted molar refractivity (Wildman–Crippen MR) is 89.2 cm³/mol. The van der Waals surface area contributed by atoms with Gasteiger partial charge in [-0.2, -0.15) is 0 Å². The van der Waals surface area contributed by atoms with Crippen LogP contribution < -0.4 is 15.8 Å². The molecule has 0 aliphatic carbocycles. The van der Waals surface area contributed by atoms with Gasteiger partial charge in [-0.3, -0.25) is 4.79 Å². The summed E-state index contributed by atoms with van der Waals surface area (Å²) in [5, 5.41) is 13.8. The van der Waals surface area contributed by atoms with E-state index >= 15 is 0 Å². The maximum absolute atomic E-state index is 10.8. The molecule has 6 heteroatoms. The largest absolute Gasteiger partial charge is 0.483 e. The van der Waals surface area contributed by atoms with Gasteiger partial charge in [0.2, 0.25) is 0 Å². The van der Waals surface area contributed by atoms with Crippen molar-refractivity contribution < 1.29 is 14.6 Å². The number of aliphatic hydroxyl groups is 1. The summed E-state index contributed by atoms with van der Waals surface area (Å²) < 4.78 is 5.36. The number of nitrogens with two attached hydrogens (primary N) is 1. The minimum atomic E-state index is -0.606. The van der Waals surface area contributed by atoms with Crippen molar-refractivity contribution in [2.45, 2.75) is 12.6 Å². The first-order valence-electron chi connectivity index (χ1n) is 7.19. The minimum absolute atomic E-state index is 0.193. The highest BCUT2D eigenvalue weighted by Crippen LogP contribution is 2.23. The first kappa shape index (κ1) is 17.3. The van der Waals surface area contributed by atoms with E-state index in [0.717, 1.165) is 11.1 Å². The lowest BCUT2D eigenvalue weighted by Crippen LogP contribution is -2.23. The second kappa shape index (κ2) is 8.53. The standard InChI is InChI=1S/C17H19ClN2O3/c18-14-6-7-16(23-11-17(19)22)13(8-14)9-20-10-15(21)12-4-2-1-3-5-12/h1-8,15,20-21H,9-11H2,(H2,19,22). The molecule has 2 rings (SSSR count). The van der Waals surface area contributed by atoms with Gasteiger partial charge in [-0.25, -0.2) is 0 Å². The zero-order valence-corrected chi connectivity index (χ0v) is 13.3. The number of aliphatic hydroxyl groups excluding tert-OH is 1. The Morgan fingerprint density at radius 1 is 1.26 bits per heavy atom. The summed E-state index contributed by atoms with van der Waals surface area (Å²) in [7, 11) is 0. The number of benzene rings is 2. The first-order chi connectivity index (χ1) is 11.1. The fourth-order valence-corrected chi connectivity index (χ4v) is 2.31. The molecule has 1 atom stereocenters. The fraction of sp³-hybridized carbons (Fsp3) is 0.235. The molecule has 0 fully saturated rings. The molecule has 0 aromatic heterocycles. The van der Waals surface area contributed by atoms with Crippen molar-refractivity contribution in [1.29, 1.82) is 0 Å². The van der Waals surface area contributed by atoms with Crippen LogP contribution in [0.5, 0.6) is 5.75 Å². The van der Waals surface area contributed by atoms with Crippen LogP contribution in [-0.4, -0.2) is 24.2 Å². The molecule has 0 radical (unpaired) electrons. The minimum Gasteiger partial charge on any atom is -0.483 e. The molecule has 1 amide bonds. The van der Waals surface area contributed by atoms with Crippen LogP contribution in [-0.2, 0) is 11.3 Å². The molecule has 23 heavy (non-hydrogen) atoms. The van der Waals surface area contributed by atoms with Crippen LogP contribution >= 0.6 is 11.6 Å². The van der Waals surface area contributed by atoms with Gasteiger partial charge in [0, 0.05) is 23.7 Å². The van der Waals surface area contributed by atoms with Gasteiger partial charge < -0.3 is 20.9 Å². The average molecular weight is 335 g/mol. The smallest absolute Gasteiger partial charge is 0.255 e. The summed E-state index contributed by atoms with van der Waals surface area (Å²) in [4.78, 5) is 10.8. The molecule has 1 unspecified atom stereocenters. The van der Waals surface area contributed by atoms with Crippen molar-refractivity contribution >= 4 is 17.5 Å². The van der Waals surface area contributed by atoms with Gasteiger partial charge in [0.1, 0.15) is 5.75 Å². The van der Waals surface area contributed by atoms with Crippen LogP contribution in [0.3, 0.4) is 0 Å². The third-order valence-electron chi connectivity index (χ3n) is 3.23. The molecule has 0 heterocycles. The van der Waals surface area contributed by atoms with E-state index in [1.165, 1.54) is 0 Å². The van der Waals surface area contributed by atoms with Crippen LogP contribution in [0.15, 0.2) is 48.5 Å². The molecule has 122 valence electrons. The van der Waals surface area contributed by atoms with E-state index in [1.54, 1.807) is 18.2 Å². The molecule has 0 aliphatic heterocycles. The van der Waals surface area contributed by atoms with Gasteiger partial charge in [0.05, 0.1) is 6.10 Å². The number of ether oxygens (including phenoxy) is 1. The molecule has 2 aromatic rings. The second-order valence-corrected chi connectivity index (χ2v) is 5.50. The van der Waals surface area contributed by atoms with Crippen molar-refractivity contribution in [2.24, 2.45) is 5.73 Å². The molecule has 5 nitrogen and oxygen atoms in total. The summed E-state index contributed by atoms with van der Waals surface area (Å²) in [5.41, 5.74) is 6.72. The number of carbonyl (C=O) groups excluding carboxylic acids is 1. The third-order valence-corrected chi connectivity index (χ3v) is 3.47. The first-order valence-corrected chi connectivity index (χ1v) is 7.57. The van der Waals surface area contributed by atoms with Crippen LogP contribution in [0.25, 0.3) is 0 Å². The lowest BCUT2D eigenvalue weighted by Gasteiger charge is -2.14. The van der Waals surface area contributed by atoms with E-state index < -0.39 is 12.0 Å². The average Bonchev–Trinajstić information content (AvgIpc) is 2.54. The van der Waals surface area contributed by atoms with Gasteiger partial charge in [-0.1, -0.05) is 41.9 Å². The molecule has 2 aromatic carbocycles. The van der Waals surface area contributed by atoms with Gasteiger partial charge in [0.25, 0.3) is 5.91 Å². The Bertz CT molecular complexity index is 650. The zero-order valence-electron chi connectivity index (χ0n) is 12.5. The van der Waals surface area contributed by atoms with Gasteiger partial charge >= 0.3 is 0 Å². The third kappa shape index (κ3) is 5.56. The summed E-state index contributed by atoms with van der Waals surface area (Å²) in [6, 6.07) is 14.5. The van der Waals surface area contributed by atoms with E-state index in [-0.39, 0.29) is 6.61 Å². The topological polar surface area (TPSA) is 84.6 Å².